The van der Waals surface area contributed by atoms with Gasteiger partial charge in [0.25, 0.3) is 0 Å². The number of aliphatic imine (C=N–C) groups is 1. The van der Waals surface area contributed by atoms with E-state index in [0.717, 1.165) is 50.7 Å². The van der Waals surface area contributed by atoms with Crippen molar-refractivity contribution in [3.05, 3.63) is 23.9 Å². The first kappa shape index (κ1) is 21.2. The van der Waals surface area contributed by atoms with Crippen LogP contribution in [0.2, 0.25) is 0 Å². The number of ether oxygens (including phenoxy) is 2. The molecule has 7 nitrogen and oxygen atoms in total. The van der Waals surface area contributed by atoms with Crippen molar-refractivity contribution in [1.82, 2.24) is 20.5 Å². The fourth-order valence-corrected chi connectivity index (χ4v) is 2.24. The SMILES string of the molecule is CCNC(=NCc1ccnc(OCC)c1)NCCN(C)CCCOC. The number of pyridine rings is 1. The zero-order valence-electron chi connectivity index (χ0n) is 16.0. The lowest BCUT2D eigenvalue weighted by Gasteiger charge is -2.18. The van der Waals surface area contributed by atoms with Crippen molar-refractivity contribution in [3.63, 3.8) is 0 Å². The summed E-state index contributed by atoms with van der Waals surface area (Å²) in [5.41, 5.74) is 1.08. The van der Waals surface area contributed by atoms with Crippen LogP contribution < -0.4 is 15.4 Å². The molecular formula is C18H33N5O2. The van der Waals surface area contributed by atoms with Gasteiger partial charge in [-0.3, -0.25) is 0 Å². The zero-order valence-corrected chi connectivity index (χ0v) is 16.0. The Hall–Kier alpha value is -1.86. The Bertz CT molecular complexity index is 496. The van der Waals surface area contributed by atoms with Crippen LogP contribution >= 0.6 is 0 Å². The van der Waals surface area contributed by atoms with Gasteiger partial charge in [0.1, 0.15) is 0 Å². The quantitative estimate of drug-likeness (QED) is 0.338. The second kappa shape index (κ2) is 13.4. The number of nitrogens with zero attached hydrogens (tertiary/aromatic N) is 3. The molecule has 142 valence electrons. The van der Waals surface area contributed by atoms with Gasteiger partial charge in [-0.25, -0.2) is 9.98 Å². The second-order valence-corrected chi connectivity index (χ2v) is 5.71. The van der Waals surface area contributed by atoms with Gasteiger partial charge < -0.3 is 25.0 Å². The van der Waals surface area contributed by atoms with Crippen molar-refractivity contribution in [2.75, 3.05) is 53.6 Å². The lowest BCUT2D eigenvalue weighted by Crippen LogP contribution is -2.41. The summed E-state index contributed by atoms with van der Waals surface area (Å²) >= 11 is 0. The van der Waals surface area contributed by atoms with Crippen molar-refractivity contribution in [3.8, 4) is 5.88 Å². The molecule has 0 unspecified atom stereocenters. The van der Waals surface area contributed by atoms with E-state index >= 15 is 0 Å². The highest BCUT2D eigenvalue weighted by molar-refractivity contribution is 5.79. The lowest BCUT2D eigenvalue weighted by molar-refractivity contribution is 0.180. The Labute approximate surface area is 151 Å². The Morgan fingerprint density at radius 2 is 2.12 bits per heavy atom. The van der Waals surface area contributed by atoms with Crippen molar-refractivity contribution in [2.24, 2.45) is 4.99 Å². The van der Waals surface area contributed by atoms with E-state index in [4.69, 9.17) is 9.47 Å². The van der Waals surface area contributed by atoms with Crippen LogP contribution in [0.5, 0.6) is 5.88 Å². The third kappa shape index (κ3) is 9.89. The lowest BCUT2D eigenvalue weighted by atomic mass is 10.3. The molecule has 0 bridgehead atoms. The van der Waals surface area contributed by atoms with Crippen molar-refractivity contribution in [1.29, 1.82) is 0 Å². The molecular weight excluding hydrogens is 318 g/mol. The smallest absolute Gasteiger partial charge is 0.213 e. The molecule has 0 aliphatic carbocycles. The second-order valence-electron chi connectivity index (χ2n) is 5.71. The number of rotatable bonds is 12. The molecule has 0 atom stereocenters. The number of hydrogen-bond acceptors (Lipinski definition) is 5. The number of methoxy groups -OCH3 is 1. The fraction of sp³-hybridized carbons (Fsp3) is 0.667. The van der Waals surface area contributed by atoms with Gasteiger partial charge in [-0.05, 0) is 38.9 Å². The van der Waals surface area contributed by atoms with Gasteiger partial charge in [0.2, 0.25) is 5.88 Å². The molecule has 0 aliphatic rings. The van der Waals surface area contributed by atoms with E-state index in [1.807, 2.05) is 19.1 Å². The van der Waals surface area contributed by atoms with E-state index in [2.05, 4.69) is 39.5 Å². The fourth-order valence-electron chi connectivity index (χ4n) is 2.24. The summed E-state index contributed by atoms with van der Waals surface area (Å²) in [6.07, 6.45) is 2.80. The predicted molar refractivity (Wildman–Crippen MR) is 102 cm³/mol. The van der Waals surface area contributed by atoms with E-state index < -0.39 is 0 Å². The number of likely N-dealkylation sites (N-methyl/N-ethyl adjacent to an activating group) is 1. The summed E-state index contributed by atoms with van der Waals surface area (Å²) in [7, 11) is 3.86. The summed E-state index contributed by atoms with van der Waals surface area (Å²) in [6, 6.07) is 3.89. The molecule has 0 saturated heterocycles. The Morgan fingerprint density at radius 3 is 2.84 bits per heavy atom. The monoisotopic (exact) mass is 351 g/mol. The minimum absolute atomic E-state index is 0.585. The van der Waals surface area contributed by atoms with Crippen LogP contribution in [-0.4, -0.2) is 69.4 Å². The molecule has 0 radical (unpaired) electrons. The summed E-state index contributed by atoms with van der Waals surface area (Å²) in [5.74, 6) is 1.47. The van der Waals surface area contributed by atoms with Crippen molar-refractivity contribution in [2.45, 2.75) is 26.8 Å². The van der Waals surface area contributed by atoms with Crippen LogP contribution in [-0.2, 0) is 11.3 Å². The zero-order chi connectivity index (χ0) is 18.3. The van der Waals surface area contributed by atoms with Gasteiger partial charge in [0, 0.05) is 52.2 Å². The maximum atomic E-state index is 5.43. The van der Waals surface area contributed by atoms with Crippen LogP contribution in [0.4, 0.5) is 0 Å². The molecule has 0 amide bonds. The average molecular weight is 351 g/mol. The first-order valence-corrected chi connectivity index (χ1v) is 8.97. The first-order chi connectivity index (χ1) is 12.2. The number of hydrogen-bond donors (Lipinski definition) is 2. The molecule has 25 heavy (non-hydrogen) atoms. The van der Waals surface area contributed by atoms with Gasteiger partial charge in [-0.15, -0.1) is 0 Å². The molecule has 0 saturated carbocycles. The largest absolute Gasteiger partial charge is 0.478 e. The molecule has 1 aromatic rings. The molecule has 7 heteroatoms. The maximum absolute atomic E-state index is 5.43. The van der Waals surface area contributed by atoms with Crippen LogP contribution in [0, 0.1) is 0 Å². The Kier molecular flexibility index (Phi) is 11.4. The Balaban J connectivity index is 2.44. The van der Waals surface area contributed by atoms with E-state index in [0.29, 0.717) is 19.0 Å². The third-order valence-corrected chi connectivity index (χ3v) is 3.53. The van der Waals surface area contributed by atoms with Gasteiger partial charge in [0.05, 0.1) is 13.2 Å². The van der Waals surface area contributed by atoms with E-state index in [-0.39, 0.29) is 0 Å². The van der Waals surface area contributed by atoms with Gasteiger partial charge in [0.15, 0.2) is 5.96 Å². The highest BCUT2D eigenvalue weighted by Crippen LogP contribution is 2.10. The standard InChI is InChI=1S/C18H33N5O2/c1-5-19-18(21-10-12-23(3)11-7-13-24-4)22-15-16-8-9-20-17(14-16)25-6-2/h8-9,14H,5-7,10-13,15H2,1-4H3,(H2,19,21,22). The Morgan fingerprint density at radius 1 is 1.28 bits per heavy atom. The minimum Gasteiger partial charge on any atom is -0.478 e. The van der Waals surface area contributed by atoms with Crippen LogP contribution in [0.3, 0.4) is 0 Å². The minimum atomic E-state index is 0.585. The highest BCUT2D eigenvalue weighted by atomic mass is 16.5. The summed E-state index contributed by atoms with van der Waals surface area (Å²) < 4.78 is 10.5. The maximum Gasteiger partial charge on any atom is 0.213 e. The van der Waals surface area contributed by atoms with Crippen LogP contribution in [0.1, 0.15) is 25.8 Å². The number of guanidine groups is 1. The normalized spacial score (nSPS) is 11.6. The third-order valence-electron chi connectivity index (χ3n) is 3.53. The predicted octanol–water partition coefficient (Wildman–Crippen LogP) is 1.50. The molecule has 1 aromatic heterocycles. The molecule has 1 heterocycles. The molecule has 2 N–H and O–H groups in total. The molecule has 0 aliphatic heterocycles. The van der Waals surface area contributed by atoms with Crippen LogP contribution in [0.15, 0.2) is 23.3 Å². The number of aromatic nitrogens is 1. The molecule has 0 aromatic carbocycles. The van der Waals surface area contributed by atoms with Gasteiger partial charge in [-0.2, -0.15) is 0 Å². The van der Waals surface area contributed by atoms with Crippen molar-refractivity contribution >= 4 is 5.96 Å². The summed E-state index contributed by atoms with van der Waals surface area (Å²) in [4.78, 5) is 11.1. The molecule has 0 spiro atoms. The van der Waals surface area contributed by atoms with E-state index in [1.54, 1.807) is 13.3 Å². The van der Waals surface area contributed by atoms with E-state index in [9.17, 15) is 0 Å². The van der Waals surface area contributed by atoms with Crippen molar-refractivity contribution < 1.29 is 9.47 Å². The summed E-state index contributed by atoms with van der Waals surface area (Å²) in [5, 5.41) is 6.64. The summed E-state index contributed by atoms with van der Waals surface area (Å²) in [6.45, 7) is 9.67. The van der Waals surface area contributed by atoms with E-state index in [1.165, 1.54) is 0 Å². The topological polar surface area (TPSA) is 71.0 Å². The average Bonchev–Trinajstić information content (AvgIpc) is 2.60. The van der Waals surface area contributed by atoms with Crippen LogP contribution in [0.25, 0.3) is 0 Å². The molecule has 1 rings (SSSR count). The molecule has 0 fully saturated rings. The number of nitrogens with one attached hydrogen (secondary N) is 2. The van der Waals surface area contributed by atoms with Gasteiger partial charge in [-0.1, -0.05) is 0 Å². The highest BCUT2D eigenvalue weighted by Gasteiger charge is 2.02. The van der Waals surface area contributed by atoms with Gasteiger partial charge >= 0.3 is 0 Å². The first-order valence-electron chi connectivity index (χ1n) is 8.97.